The molecule has 4 rings (SSSR count). The quantitative estimate of drug-likeness (QED) is 0.692. The molecule has 2 heterocycles. The monoisotopic (exact) mass is 356 g/mol. The molecule has 126 valence electrons. The van der Waals surface area contributed by atoms with E-state index in [1.54, 1.807) is 18.2 Å². The summed E-state index contributed by atoms with van der Waals surface area (Å²) in [6, 6.07) is 7.78. The summed E-state index contributed by atoms with van der Waals surface area (Å²) in [5.41, 5.74) is 3.26. The van der Waals surface area contributed by atoms with Gasteiger partial charge in [-0.15, -0.1) is 0 Å². The highest BCUT2D eigenvalue weighted by Gasteiger charge is 2.65. The van der Waals surface area contributed by atoms with Gasteiger partial charge in [0, 0.05) is 17.5 Å². The fraction of sp³-hybridized carbons (Fsp3) is 0.235. The van der Waals surface area contributed by atoms with Crippen LogP contribution in [0.2, 0.25) is 0 Å². The molecule has 0 unspecified atom stereocenters. The van der Waals surface area contributed by atoms with Crippen LogP contribution >= 0.6 is 0 Å². The van der Waals surface area contributed by atoms with Crippen LogP contribution in [0.3, 0.4) is 0 Å². The second-order valence-corrected chi connectivity index (χ2v) is 8.13. The van der Waals surface area contributed by atoms with E-state index in [1.165, 1.54) is 12.1 Å². The maximum Gasteiger partial charge on any atom is 0.206 e. The first kappa shape index (κ1) is 15.6. The van der Waals surface area contributed by atoms with Gasteiger partial charge in [-0.25, -0.2) is 8.42 Å². The number of nitrogens with two attached hydrogens (primary N) is 1. The number of Topliss-reactive ketones (excluding diaryl/α,β-unsaturated/α-hetero) is 2. The van der Waals surface area contributed by atoms with Crippen molar-refractivity contribution in [3.8, 4) is 6.07 Å². The van der Waals surface area contributed by atoms with Crippen LogP contribution < -0.4 is 5.73 Å². The Bertz CT molecular complexity index is 1040. The summed E-state index contributed by atoms with van der Waals surface area (Å²) >= 11 is 0. The van der Waals surface area contributed by atoms with Gasteiger partial charge < -0.3 is 10.5 Å². The first-order valence-electron chi connectivity index (χ1n) is 7.59. The van der Waals surface area contributed by atoms with Crippen molar-refractivity contribution in [1.29, 1.82) is 5.26 Å². The van der Waals surface area contributed by atoms with Crippen LogP contribution in [0.15, 0.2) is 46.4 Å². The topological polar surface area (TPSA) is 127 Å². The zero-order chi connectivity index (χ0) is 18.0. The average molecular weight is 356 g/mol. The van der Waals surface area contributed by atoms with Crippen LogP contribution in [0.25, 0.3) is 0 Å². The molecule has 0 aromatic heterocycles. The summed E-state index contributed by atoms with van der Waals surface area (Å²) in [5, 5.41) is 9.57. The molecule has 1 spiro atoms. The van der Waals surface area contributed by atoms with Crippen LogP contribution in [0, 0.1) is 16.7 Å². The van der Waals surface area contributed by atoms with Gasteiger partial charge in [0.2, 0.25) is 5.88 Å². The van der Waals surface area contributed by atoms with Crippen LogP contribution in [-0.4, -0.2) is 25.7 Å². The number of fused-ring (bicyclic) bond motifs is 2. The molecule has 0 amide bonds. The fourth-order valence-corrected chi connectivity index (χ4v) is 5.77. The van der Waals surface area contributed by atoms with Gasteiger partial charge >= 0.3 is 0 Å². The van der Waals surface area contributed by atoms with Crippen molar-refractivity contribution >= 4 is 21.4 Å². The van der Waals surface area contributed by atoms with Gasteiger partial charge in [0.1, 0.15) is 22.3 Å². The largest absolute Gasteiger partial charge is 0.444 e. The highest BCUT2D eigenvalue weighted by atomic mass is 32.2. The van der Waals surface area contributed by atoms with E-state index in [1.807, 2.05) is 0 Å². The Hall–Kier alpha value is -2.92. The number of nitriles is 1. The molecule has 2 N–H and O–H groups in total. The lowest BCUT2D eigenvalue weighted by Gasteiger charge is -2.36. The zero-order valence-electron chi connectivity index (χ0n) is 12.9. The molecule has 7 nitrogen and oxygen atoms in total. The summed E-state index contributed by atoms with van der Waals surface area (Å²) in [7, 11) is -3.95. The third-order valence-corrected chi connectivity index (χ3v) is 6.77. The molecule has 0 fully saturated rings. The Balaban J connectivity index is 2.15. The smallest absolute Gasteiger partial charge is 0.206 e. The number of hydrogen-bond acceptors (Lipinski definition) is 7. The molecular weight excluding hydrogens is 344 g/mol. The van der Waals surface area contributed by atoms with E-state index < -0.39 is 43.2 Å². The molecule has 0 atom stereocenters. The van der Waals surface area contributed by atoms with Crippen molar-refractivity contribution in [3.63, 3.8) is 0 Å². The number of nitrogens with zero attached hydrogens (tertiary/aromatic N) is 1. The minimum atomic E-state index is -3.95. The number of rotatable bonds is 0. The summed E-state index contributed by atoms with van der Waals surface area (Å²) < 4.78 is 30.9. The summed E-state index contributed by atoms with van der Waals surface area (Å²) in [6.45, 7) is 0. The molecule has 8 heteroatoms. The van der Waals surface area contributed by atoms with Crippen molar-refractivity contribution in [2.45, 2.75) is 12.8 Å². The van der Waals surface area contributed by atoms with E-state index in [4.69, 9.17) is 10.5 Å². The van der Waals surface area contributed by atoms with Gasteiger partial charge in [0.05, 0.1) is 5.75 Å². The van der Waals surface area contributed by atoms with Crippen molar-refractivity contribution in [1.82, 2.24) is 0 Å². The molecule has 25 heavy (non-hydrogen) atoms. The van der Waals surface area contributed by atoms with E-state index >= 15 is 0 Å². The molecule has 1 aromatic carbocycles. The van der Waals surface area contributed by atoms with E-state index in [2.05, 4.69) is 0 Å². The van der Waals surface area contributed by atoms with Gasteiger partial charge in [0.25, 0.3) is 0 Å². The third kappa shape index (κ3) is 1.71. The minimum absolute atomic E-state index is 0.0164. The predicted molar refractivity (Wildman–Crippen MR) is 85.5 cm³/mol. The van der Waals surface area contributed by atoms with Gasteiger partial charge in [-0.3, -0.25) is 9.59 Å². The molecule has 3 aliphatic rings. The summed E-state index contributed by atoms with van der Waals surface area (Å²) in [6.07, 6.45) is 0.522. The van der Waals surface area contributed by atoms with Gasteiger partial charge in [-0.05, 0) is 6.42 Å². The normalized spacial score (nSPS) is 23.2. The second-order valence-electron chi connectivity index (χ2n) is 6.08. The van der Waals surface area contributed by atoms with Crippen LogP contribution in [-0.2, 0) is 14.6 Å². The highest BCUT2D eigenvalue weighted by Crippen LogP contribution is 2.54. The number of benzene rings is 1. The summed E-state index contributed by atoms with van der Waals surface area (Å²) in [4.78, 5) is 26.0. The number of hydrogen-bond donors (Lipinski definition) is 1. The third-order valence-electron chi connectivity index (χ3n) is 4.79. The van der Waals surface area contributed by atoms with Crippen LogP contribution in [0.5, 0.6) is 0 Å². The second kappa shape index (κ2) is 4.80. The molecular formula is C17H12N2O5S. The number of allylic oxidation sites excluding steroid dienone is 3. The van der Waals surface area contributed by atoms with Crippen molar-refractivity contribution in [2.75, 3.05) is 5.75 Å². The lowest BCUT2D eigenvalue weighted by atomic mass is 9.73. The van der Waals surface area contributed by atoms with E-state index in [-0.39, 0.29) is 29.1 Å². The molecule has 0 radical (unpaired) electrons. The standard InChI is InChI=1S/C17H12N2O5S/c18-8-11-16(19)24-12-6-3-7-25(22,23)15(12)17(11)13(20)9-4-1-2-5-10(9)14(17)21/h1-2,4-5H,3,6-7,19H2. The number of sulfone groups is 1. The van der Waals surface area contributed by atoms with E-state index in [0.29, 0.717) is 6.42 Å². The van der Waals surface area contributed by atoms with E-state index in [9.17, 15) is 23.3 Å². The Morgan fingerprint density at radius 2 is 1.76 bits per heavy atom. The number of carbonyl (C=O) groups excluding carboxylic acids is 2. The molecule has 1 aliphatic carbocycles. The number of ether oxygens (including phenoxy) is 1. The Labute approximate surface area is 143 Å². The highest BCUT2D eigenvalue weighted by molar-refractivity contribution is 7.95. The van der Waals surface area contributed by atoms with E-state index in [0.717, 1.165) is 0 Å². The first-order valence-corrected chi connectivity index (χ1v) is 9.24. The molecule has 1 aromatic rings. The first-order chi connectivity index (χ1) is 11.9. The Morgan fingerprint density at radius 1 is 1.16 bits per heavy atom. The van der Waals surface area contributed by atoms with Gasteiger partial charge in [-0.1, -0.05) is 24.3 Å². The molecule has 2 aliphatic heterocycles. The molecule has 0 saturated heterocycles. The van der Waals surface area contributed by atoms with Crippen molar-refractivity contribution in [3.05, 3.63) is 57.5 Å². The van der Waals surface area contributed by atoms with Crippen molar-refractivity contribution in [2.24, 2.45) is 11.1 Å². The zero-order valence-corrected chi connectivity index (χ0v) is 13.7. The van der Waals surface area contributed by atoms with Gasteiger partial charge in [-0.2, -0.15) is 5.26 Å². The molecule has 0 bridgehead atoms. The molecule has 0 saturated carbocycles. The van der Waals surface area contributed by atoms with Crippen LogP contribution in [0.4, 0.5) is 0 Å². The van der Waals surface area contributed by atoms with Crippen molar-refractivity contribution < 1.29 is 22.7 Å². The lowest BCUT2D eigenvalue weighted by Crippen LogP contribution is -2.46. The fourth-order valence-electron chi connectivity index (χ4n) is 3.79. The average Bonchev–Trinajstić information content (AvgIpc) is 2.78. The maximum atomic E-state index is 13.2. The Kier molecular flexibility index (Phi) is 2.99. The Morgan fingerprint density at radius 3 is 2.32 bits per heavy atom. The minimum Gasteiger partial charge on any atom is -0.444 e. The predicted octanol–water partition coefficient (Wildman–Crippen LogP) is 1.20. The summed E-state index contributed by atoms with van der Waals surface area (Å²) in [5.74, 6) is -2.11. The SMILES string of the molecule is N#CC1=C(N)OC2=C(C13C(=O)c1ccccc1C3=O)S(=O)(=O)CCC2. The number of carbonyl (C=O) groups is 2. The van der Waals surface area contributed by atoms with Gasteiger partial charge in [0.15, 0.2) is 26.8 Å². The lowest BCUT2D eigenvalue weighted by molar-refractivity contribution is 0.0770. The maximum absolute atomic E-state index is 13.2. The number of ketones is 2. The van der Waals surface area contributed by atoms with Crippen LogP contribution in [0.1, 0.15) is 33.6 Å².